The number of epoxide rings is 2. The van der Waals surface area contributed by atoms with E-state index in [9.17, 15) is 14.7 Å². The SMILES string of the molecule is COc1cc2c(c3c1C(=O)c1cccc(C)c1C3)C[C@H]([C@@]1(C)CO1)O2.COc1cc2c(c3c1C(=O)c1cccc(O)c1C3)C[C@H]([C@@]1(C)CO1)O2. The number of fused-ring (bicyclic) bond motifs is 8. The molecule has 0 amide bonds. The molecule has 0 aromatic heterocycles. The van der Waals surface area contributed by atoms with Gasteiger partial charge in [0.25, 0.3) is 0 Å². The van der Waals surface area contributed by atoms with Crippen LogP contribution in [0, 0.1) is 6.92 Å². The Morgan fingerprint density at radius 2 is 1.14 bits per heavy atom. The average molecular weight is 675 g/mol. The van der Waals surface area contributed by atoms with Crippen LogP contribution in [-0.2, 0) is 35.2 Å². The maximum Gasteiger partial charge on any atom is 0.197 e. The van der Waals surface area contributed by atoms with Gasteiger partial charge in [-0.05, 0) is 55.5 Å². The van der Waals surface area contributed by atoms with E-state index in [-0.39, 0.29) is 40.7 Å². The van der Waals surface area contributed by atoms with Gasteiger partial charge in [-0.15, -0.1) is 0 Å². The summed E-state index contributed by atoms with van der Waals surface area (Å²) < 4.78 is 34.5. The number of rotatable bonds is 4. The van der Waals surface area contributed by atoms with Gasteiger partial charge in [-0.1, -0.05) is 30.3 Å². The molecule has 10 rings (SSSR count). The summed E-state index contributed by atoms with van der Waals surface area (Å²) in [5.41, 5.74) is 9.24. The standard InChI is InChI=1S/C21H20O4.C20H18O5/c1-11-5-4-6-12-13(11)7-15-14-8-18(21(2)10-24-21)25-16(14)9-17(23-3)19(15)20(12)22;1-20(9-24-20)17-7-12-13-6-11-10(4-3-5-14(11)21)19(22)18(13)16(23-2)8-15(12)25-17/h4-6,9,18H,7-8,10H2,1-3H3;3-5,8,17,21H,6-7,9H2,1-2H3/t18-,21-;17-,20-/m11/s1. The number of aryl methyl sites for hydroxylation is 1. The van der Waals surface area contributed by atoms with Crippen LogP contribution < -0.4 is 18.9 Å². The Morgan fingerprint density at radius 1 is 0.680 bits per heavy atom. The van der Waals surface area contributed by atoms with Crippen molar-refractivity contribution in [2.45, 2.75) is 69.9 Å². The first-order valence-electron chi connectivity index (χ1n) is 17.1. The smallest absolute Gasteiger partial charge is 0.197 e. The van der Waals surface area contributed by atoms with E-state index >= 15 is 0 Å². The second kappa shape index (κ2) is 10.8. The second-order valence-electron chi connectivity index (χ2n) is 14.6. The third-order valence-electron chi connectivity index (χ3n) is 11.5. The van der Waals surface area contributed by atoms with Crippen molar-refractivity contribution >= 4 is 11.6 Å². The maximum absolute atomic E-state index is 13.2. The number of phenols is 1. The van der Waals surface area contributed by atoms with Gasteiger partial charge < -0.3 is 33.5 Å². The molecule has 4 aromatic carbocycles. The molecule has 2 saturated heterocycles. The summed E-state index contributed by atoms with van der Waals surface area (Å²) in [6, 6.07) is 14.7. The van der Waals surface area contributed by atoms with Crippen molar-refractivity contribution in [3.8, 4) is 28.7 Å². The first-order chi connectivity index (χ1) is 24.0. The first-order valence-corrected chi connectivity index (χ1v) is 17.1. The number of phenolic OH excluding ortho intramolecular Hbond substituents is 1. The summed E-state index contributed by atoms with van der Waals surface area (Å²) >= 11 is 0. The van der Waals surface area contributed by atoms with Gasteiger partial charge in [0.1, 0.15) is 52.2 Å². The van der Waals surface area contributed by atoms with E-state index in [2.05, 4.69) is 19.9 Å². The van der Waals surface area contributed by atoms with Gasteiger partial charge >= 0.3 is 0 Å². The Kier molecular flexibility index (Phi) is 6.74. The highest BCUT2D eigenvalue weighted by atomic mass is 16.6. The summed E-state index contributed by atoms with van der Waals surface area (Å²) in [7, 11) is 3.17. The normalized spacial score (nSPS) is 25.7. The molecule has 1 N–H and O–H groups in total. The predicted octanol–water partition coefficient (Wildman–Crippen LogP) is 5.86. The number of carbonyl (C=O) groups is 2. The fourth-order valence-electron chi connectivity index (χ4n) is 8.11. The summed E-state index contributed by atoms with van der Waals surface area (Å²) in [4.78, 5) is 26.3. The van der Waals surface area contributed by atoms with E-state index in [0.29, 0.717) is 53.2 Å². The Balaban J connectivity index is 0.000000135. The van der Waals surface area contributed by atoms with Gasteiger partial charge in [-0.3, -0.25) is 9.59 Å². The fraction of sp³-hybridized carbons (Fsp3) is 0.366. The maximum atomic E-state index is 13.2. The van der Waals surface area contributed by atoms with Crippen molar-refractivity contribution in [1.82, 2.24) is 0 Å². The zero-order chi connectivity index (χ0) is 34.7. The van der Waals surface area contributed by atoms with Crippen LogP contribution in [0.15, 0.2) is 48.5 Å². The molecule has 0 unspecified atom stereocenters. The van der Waals surface area contributed by atoms with Crippen molar-refractivity contribution in [1.29, 1.82) is 0 Å². The Labute approximate surface area is 290 Å². The van der Waals surface area contributed by atoms with Gasteiger partial charge in [-0.25, -0.2) is 0 Å². The molecule has 4 atom stereocenters. The van der Waals surface area contributed by atoms with Gasteiger partial charge in [0.15, 0.2) is 11.6 Å². The molecule has 4 aromatic rings. The molecule has 0 saturated carbocycles. The van der Waals surface area contributed by atoms with Crippen LogP contribution in [-0.4, -0.2) is 67.5 Å². The van der Waals surface area contributed by atoms with Crippen molar-refractivity contribution in [2.75, 3.05) is 27.4 Å². The number of carbonyl (C=O) groups excluding carboxylic acids is 2. The Bertz CT molecular complexity index is 2000. The van der Waals surface area contributed by atoms with Crippen LogP contribution in [0.5, 0.6) is 28.7 Å². The lowest BCUT2D eigenvalue weighted by Gasteiger charge is -2.24. The van der Waals surface area contributed by atoms with Gasteiger partial charge in [0, 0.05) is 59.2 Å². The molecular weight excluding hydrogens is 636 g/mol. The minimum Gasteiger partial charge on any atom is -0.508 e. The molecular formula is C41H38O9. The molecule has 2 fully saturated rings. The van der Waals surface area contributed by atoms with Gasteiger partial charge in [0.2, 0.25) is 0 Å². The lowest BCUT2D eigenvalue weighted by molar-refractivity contribution is 0.102. The highest BCUT2D eigenvalue weighted by Gasteiger charge is 2.53. The molecule has 256 valence electrons. The van der Waals surface area contributed by atoms with E-state index in [1.807, 2.05) is 31.2 Å². The number of hydrogen-bond donors (Lipinski definition) is 1. The quantitative estimate of drug-likeness (QED) is 0.230. The summed E-state index contributed by atoms with van der Waals surface area (Å²) in [5, 5.41) is 10.2. The second-order valence-corrected chi connectivity index (χ2v) is 14.6. The topological polar surface area (TPSA) is 116 Å². The first kappa shape index (κ1) is 31.1. The van der Waals surface area contributed by atoms with Crippen LogP contribution in [0.1, 0.15) is 84.6 Å². The van der Waals surface area contributed by atoms with E-state index in [0.717, 1.165) is 69.9 Å². The lowest BCUT2D eigenvalue weighted by Crippen LogP contribution is -2.30. The molecule has 6 aliphatic rings. The van der Waals surface area contributed by atoms with E-state index in [4.69, 9.17) is 28.4 Å². The fourth-order valence-corrected chi connectivity index (χ4v) is 8.11. The van der Waals surface area contributed by atoms with Crippen LogP contribution in [0.2, 0.25) is 0 Å². The van der Waals surface area contributed by atoms with Gasteiger partial charge in [0.05, 0.1) is 38.6 Å². The molecule has 50 heavy (non-hydrogen) atoms. The van der Waals surface area contributed by atoms with Gasteiger partial charge in [-0.2, -0.15) is 0 Å². The number of aromatic hydroxyl groups is 1. The molecule has 9 heteroatoms. The van der Waals surface area contributed by atoms with Crippen molar-refractivity contribution in [2.24, 2.45) is 0 Å². The molecule has 0 spiro atoms. The number of ketones is 2. The Morgan fingerprint density at radius 3 is 1.62 bits per heavy atom. The predicted molar refractivity (Wildman–Crippen MR) is 183 cm³/mol. The largest absolute Gasteiger partial charge is 0.508 e. The molecule has 2 aliphatic carbocycles. The Hall–Kier alpha value is -4.86. The third kappa shape index (κ3) is 4.59. The molecule has 4 aliphatic heterocycles. The molecule has 0 bridgehead atoms. The summed E-state index contributed by atoms with van der Waals surface area (Å²) in [6.45, 7) is 7.60. The molecule has 9 nitrogen and oxygen atoms in total. The monoisotopic (exact) mass is 674 g/mol. The highest BCUT2D eigenvalue weighted by molar-refractivity contribution is 6.15. The van der Waals surface area contributed by atoms with E-state index in [1.165, 1.54) is 0 Å². The molecule has 0 radical (unpaired) electrons. The average Bonchev–Trinajstić information content (AvgIpc) is 3.93. The van der Waals surface area contributed by atoms with Crippen molar-refractivity contribution in [3.63, 3.8) is 0 Å². The minimum atomic E-state index is -0.252. The lowest BCUT2D eigenvalue weighted by atomic mass is 9.79. The van der Waals surface area contributed by atoms with Crippen molar-refractivity contribution in [3.05, 3.63) is 110 Å². The number of benzene rings is 4. The van der Waals surface area contributed by atoms with E-state index < -0.39 is 0 Å². The number of hydrogen-bond acceptors (Lipinski definition) is 9. The third-order valence-corrected chi connectivity index (χ3v) is 11.5. The van der Waals surface area contributed by atoms with Crippen molar-refractivity contribution < 1.29 is 43.1 Å². The molecule has 4 heterocycles. The van der Waals surface area contributed by atoms with Crippen LogP contribution in [0.25, 0.3) is 0 Å². The zero-order valence-electron chi connectivity index (χ0n) is 28.7. The highest BCUT2D eigenvalue weighted by Crippen LogP contribution is 2.49. The zero-order valence-corrected chi connectivity index (χ0v) is 28.7. The van der Waals surface area contributed by atoms with Crippen LogP contribution >= 0.6 is 0 Å². The summed E-state index contributed by atoms with van der Waals surface area (Å²) in [5.74, 6) is 2.82. The van der Waals surface area contributed by atoms with E-state index in [1.54, 1.807) is 32.4 Å². The number of methoxy groups -OCH3 is 2. The van der Waals surface area contributed by atoms with Crippen LogP contribution in [0.4, 0.5) is 0 Å². The summed E-state index contributed by atoms with van der Waals surface area (Å²) in [6.07, 6.45) is 2.68. The minimum absolute atomic E-state index is 0.00655. The van der Waals surface area contributed by atoms with Crippen LogP contribution in [0.3, 0.4) is 0 Å². The number of ether oxygens (including phenoxy) is 6.